The second kappa shape index (κ2) is 3.91. The SMILES string of the molecule is CCC1C[C@H](O)c2ccc(Br)cc2O1. The van der Waals surface area contributed by atoms with E-state index in [0.717, 1.165) is 22.2 Å². The van der Waals surface area contributed by atoms with Gasteiger partial charge in [0.15, 0.2) is 0 Å². The van der Waals surface area contributed by atoms with E-state index in [0.29, 0.717) is 6.42 Å². The zero-order chi connectivity index (χ0) is 10.1. The Morgan fingerprint density at radius 2 is 2.36 bits per heavy atom. The molecule has 0 aromatic heterocycles. The standard InChI is InChI=1S/C11H13BrO2/c1-2-8-6-10(13)9-4-3-7(12)5-11(9)14-8/h3-5,8,10,13H,2,6H2,1H3/t8?,10-/m0/s1. The zero-order valence-electron chi connectivity index (χ0n) is 8.03. The van der Waals surface area contributed by atoms with E-state index < -0.39 is 0 Å². The molecular weight excluding hydrogens is 244 g/mol. The van der Waals surface area contributed by atoms with Crippen molar-refractivity contribution in [2.45, 2.75) is 32.0 Å². The Morgan fingerprint density at radius 1 is 1.57 bits per heavy atom. The first-order chi connectivity index (χ1) is 6.70. The first-order valence-electron chi connectivity index (χ1n) is 4.85. The maximum Gasteiger partial charge on any atom is 0.126 e. The zero-order valence-corrected chi connectivity index (χ0v) is 9.62. The molecule has 0 fully saturated rings. The minimum Gasteiger partial charge on any atom is -0.490 e. The number of fused-ring (bicyclic) bond motifs is 1. The van der Waals surface area contributed by atoms with Gasteiger partial charge in [-0.2, -0.15) is 0 Å². The fourth-order valence-electron chi connectivity index (χ4n) is 1.74. The fourth-order valence-corrected chi connectivity index (χ4v) is 2.08. The molecule has 1 N–H and O–H groups in total. The molecule has 1 aromatic carbocycles. The summed E-state index contributed by atoms with van der Waals surface area (Å²) in [4.78, 5) is 0. The third kappa shape index (κ3) is 1.79. The van der Waals surface area contributed by atoms with Crippen LogP contribution in [0, 0.1) is 0 Å². The third-order valence-electron chi connectivity index (χ3n) is 2.57. The van der Waals surface area contributed by atoms with Gasteiger partial charge < -0.3 is 9.84 Å². The molecule has 3 heteroatoms. The number of aliphatic hydroxyl groups is 1. The number of aliphatic hydroxyl groups excluding tert-OH is 1. The van der Waals surface area contributed by atoms with Crippen LogP contribution in [0.5, 0.6) is 5.75 Å². The molecule has 14 heavy (non-hydrogen) atoms. The van der Waals surface area contributed by atoms with Crippen molar-refractivity contribution >= 4 is 15.9 Å². The quantitative estimate of drug-likeness (QED) is 0.837. The van der Waals surface area contributed by atoms with E-state index in [1.54, 1.807) is 0 Å². The van der Waals surface area contributed by atoms with Gasteiger partial charge in [0.25, 0.3) is 0 Å². The van der Waals surface area contributed by atoms with Crippen LogP contribution in [0.15, 0.2) is 22.7 Å². The van der Waals surface area contributed by atoms with Crippen LogP contribution in [0.1, 0.15) is 31.4 Å². The van der Waals surface area contributed by atoms with Gasteiger partial charge in [0, 0.05) is 16.5 Å². The van der Waals surface area contributed by atoms with Gasteiger partial charge in [0.2, 0.25) is 0 Å². The fraction of sp³-hybridized carbons (Fsp3) is 0.455. The summed E-state index contributed by atoms with van der Waals surface area (Å²) in [6.45, 7) is 2.07. The molecule has 0 bridgehead atoms. The maximum atomic E-state index is 9.86. The molecule has 1 aromatic rings. The first-order valence-corrected chi connectivity index (χ1v) is 5.64. The smallest absolute Gasteiger partial charge is 0.126 e. The van der Waals surface area contributed by atoms with Gasteiger partial charge in [-0.25, -0.2) is 0 Å². The lowest BCUT2D eigenvalue weighted by molar-refractivity contribution is 0.0642. The van der Waals surface area contributed by atoms with E-state index >= 15 is 0 Å². The highest BCUT2D eigenvalue weighted by Crippen LogP contribution is 2.37. The summed E-state index contributed by atoms with van der Waals surface area (Å²) < 4.78 is 6.73. The molecule has 1 aliphatic heterocycles. The molecule has 0 saturated heterocycles. The van der Waals surface area contributed by atoms with Crippen LogP contribution in [-0.4, -0.2) is 11.2 Å². The van der Waals surface area contributed by atoms with Crippen molar-refractivity contribution in [1.29, 1.82) is 0 Å². The highest BCUT2D eigenvalue weighted by Gasteiger charge is 2.25. The second-order valence-corrected chi connectivity index (χ2v) is 4.50. The van der Waals surface area contributed by atoms with Gasteiger partial charge in [-0.1, -0.05) is 28.9 Å². The van der Waals surface area contributed by atoms with Crippen LogP contribution in [-0.2, 0) is 0 Å². The topological polar surface area (TPSA) is 29.5 Å². The van der Waals surface area contributed by atoms with Gasteiger partial charge >= 0.3 is 0 Å². The molecule has 1 aliphatic rings. The molecule has 1 unspecified atom stereocenters. The van der Waals surface area contributed by atoms with Crippen molar-refractivity contribution in [3.05, 3.63) is 28.2 Å². The maximum absolute atomic E-state index is 9.86. The van der Waals surface area contributed by atoms with Crippen LogP contribution >= 0.6 is 15.9 Å². The number of ether oxygens (including phenoxy) is 1. The van der Waals surface area contributed by atoms with Gasteiger partial charge in [0.1, 0.15) is 11.9 Å². The Morgan fingerprint density at radius 3 is 3.07 bits per heavy atom. The Balaban J connectivity index is 2.35. The summed E-state index contributed by atoms with van der Waals surface area (Å²) in [5.74, 6) is 0.810. The lowest BCUT2D eigenvalue weighted by Gasteiger charge is -2.29. The predicted molar refractivity (Wildman–Crippen MR) is 58.4 cm³/mol. The van der Waals surface area contributed by atoms with Gasteiger partial charge in [-0.05, 0) is 18.6 Å². The number of halogens is 1. The van der Waals surface area contributed by atoms with E-state index in [2.05, 4.69) is 22.9 Å². The molecule has 2 rings (SSSR count). The van der Waals surface area contributed by atoms with Crippen molar-refractivity contribution in [2.75, 3.05) is 0 Å². The molecule has 0 spiro atoms. The molecule has 0 radical (unpaired) electrons. The highest BCUT2D eigenvalue weighted by molar-refractivity contribution is 9.10. The number of hydrogen-bond donors (Lipinski definition) is 1. The van der Waals surface area contributed by atoms with Crippen molar-refractivity contribution in [3.8, 4) is 5.75 Å². The summed E-state index contributed by atoms with van der Waals surface area (Å²) in [6, 6.07) is 5.76. The van der Waals surface area contributed by atoms with E-state index in [1.165, 1.54) is 0 Å². The molecule has 0 amide bonds. The Kier molecular flexibility index (Phi) is 2.79. The van der Waals surface area contributed by atoms with Gasteiger partial charge in [-0.3, -0.25) is 0 Å². The Bertz CT molecular complexity index is 338. The largest absolute Gasteiger partial charge is 0.490 e. The van der Waals surface area contributed by atoms with Crippen LogP contribution in [0.25, 0.3) is 0 Å². The molecular formula is C11H13BrO2. The average molecular weight is 257 g/mol. The van der Waals surface area contributed by atoms with Crippen LogP contribution in [0.3, 0.4) is 0 Å². The van der Waals surface area contributed by atoms with Crippen LogP contribution in [0.2, 0.25) is 0 Å². The van der Waals surface area contributed by atoms with Crippen molar-refractivity contribution < 1.29 is 9.84 Å². The Labute approximate surface area is 92.0 Å². The highest BCUT2D eigenvalue weighted by atomic mass is 79.9. The number of rotatable bonds is 1. The minimum atomic E-state index is -0.378. The summed E-state index contributed by atoms with van der Waals surface area (Å²) >= 11 is 3.39. The van der Waals surface area contributed by atoms with E-state index in [4.69, 9.17) is 4.74 Å². The summed E-state index contributed by atoms with van der Waals surface area (Å²) in [7, 11) is 0. The van der Waals surface area contributed by atoms with Crippen molar-refractivity contribution in [3.63, 3.8) is 0 Å². The molecule has 76 valence electrons. The summed E-state index contributed by atoms with van der Waals surface area (Å²) in [6.07, 6.45) is 1.40. The Hall–Kier alpha value is -0.540. The van der Waals surface area contributed by atoms with Gasteiger partial charge in [0.05, 0.1) is 6.10 Å². The van der Waals surface area contributed by atoms with Crippen molar-refractivity contribution in [1.82, 2.24) is 0 Å². The number of benzene rings is 1. The molecule has 0 saturated carbocycles. The van der Waals surface area contributed by atoms with Crippen LogP contribution in [0.4, 0.5) is 0 Å². The summed E-state index contributed by atoms with van der Waals surface area (Å²) in [5.41, 5.74) is 0.901. The predicted octanol–water partition coefficient (Wildman–Crippen LogP) is 3.04. The molecule has 2 atom stereocenters. The third-order valence-corrected chi connectivity index (χ3v) is 3.06. The lowest BCUT2D eigenvalue weighted by atomic mass is 9.98. The average Bonchev–Trinajstić information content (AvgIpc) is 2.16. The summed E-state index contributed by atoms with van der Waals surface area (Å²) in [5, 5.41) is 9.86. The number of hydrogen-bond acceptors (Lipinski definition) is 2. The normalized spacial score (nSPS) is 25.4. The second-order valence-electron chi connectivity index (χ2n) is 3.58. The van der Waals surface area contributed by atoms with E-state index in [9.17, 15) is 5.11 Å². The first kappa shape index (κ1) is 9.99. The lowest BCUT2D eigenvalue weighted by Crippen LogP contribution is -2.24. The monoisotopic (exact) mass is 256 g/mol. The molecule has 2 nitrogen and oxygen atoms in total. The van der Waals surface area contributed by atoms with Crippen LogP contribution < -0.4 is 4.74 Å². The van der Waals surface area contributed by atoms with E-state index in [-0.39, 0.29) is 12.2 Å². The molecule has 0 aliphatic carbocycles. The van der Waals surface area contributed by atoms with E-state index in [1.807, 2.05) is 18.2 Å². The minimum absolute atomic E-state index is 0.145. The van der Waals surface area contributed by atoms with Crippen molar-refractivity contribution in [2.24, 2.45) is 0 Å². The van der Waals surface area contributed by atoms with Gasteiger partial charge in [-0.15, -0.1) is 0 Å². The molecule has 1 heterocycles.